The summed E-state index contributed by atoms with van der Waals surface area (Å²) in [7, 11) is 0. The van der Waals surface area contributed by atoms with Crippen molar-refractivity contribution in [2.75, 3.05) is 6.54 Å². The molecule has 2 aromatic carbocycles. The number of aliphatic hydroxyl groups excluding tert-OH is 1. The van der Waals surface area contributed by atoms with Crippen molar-refractivity contribution in [1.82, 2.24) is 5.32 Å². The molecule has 112 valence electrons. The molecule has 2 nitrogen and oxygen atoms in total. The Labute approximate surface area is 135 Å². The van der Waals surface area contributed by atoms with Gasteiger partial charge in [-0.2, -0.15) is 0 Å². The van der Waals surface area contributed by atoms with Gasteiger partial charge in [0.2, 0.25) is 0 Å². The van der Waals surface area contributed by atoms with Crippen LogP contribution < -0.4 is 5.32 Å². The van der Waals surface area contributed by atoms with Crippen LogP contribution in [0.25, 0.3) is 0 Å². The molecule has 2 N–H and O–H groups in total. The minimum Gasteiger partial charge on any atom is -0.388 e. The van der Waals surface area contributed by atoms with E-state index in [-0.39, 0.29) is 6.10 Å². The molecule has 0 aliphatic rings. The molecule has 0 spiro atoms. The van der Waals surface area contributed by atoms with Gasteiger partial charge in [-0.25, -0.2) is 0 Å². The fraction of sp³-hybridized carbons (Fsp3) is 0.333. The lowest BCUT2D eigenvalue weighted by Gasteiger charge is -2.15. The van der Waals surface area contributed by atoms with E-state index in [4.69, 9.17) is 0 Å². The van der Waals surface area contributed by atoms with E-state index in [0.29, 0.717) is 6.04 Å². The number of halogens is 1. The van der Waals surface area contributed by atoms with Crippen molar-refractivity contribution in [2.24, 2.45) is 0 Å². The average Bonchev–Trinajstić information content (AvgIpc) is 2.52. The molecule has 1 unspecified atom stereocenters. The van der Waals surface area contributed by atoms with Gasteiger partial charge in [0.25, 0.3) is 0 Å². The monoisotopic (exact) mass is 347 g/mol. The molecule has 0 fully saturated rings. The van der Waals surface area contributed by atoms with Crippen LogP contribution in [0.3, 0.4) is 0 Å². The van der Waals surface area contributed by atoms with Crippen LogP contribution in [0.5, 0.6) is 0 Å². The van der Waals surface area contributed by atoms with Gasteiger partial charge in [0.1, 0.15) is 0 Å². The number of aliphatic hydroxyl groups is 1. The summed E-state index contributed by atoms with van der Waals surface area (Å²) in [6, 6.07) is 18.6. The van der Waals surface area contributed by atoms with Gasteiger partial charge in [-0.05, 0) is 49.6 Å². The van der Waals surface area contributed by atoms with Crippen molar-refractivity contribution in [1.29, 1.82) is 0 Å². The molecule has 0 aromatic heterocycles. The van der Waals surface area contributed by atoms with E-state index in [1.165, 1.54) is 5.56 Å². The molecular formula is C18H22BrNO. The molecule has 0 heterocycles. The van der Waals surface area contributed by atoms with E-state index >= 15 is 0 Å². The lowest BCUT2D eigenvalue weighted by atomic mass is 10.0. The largest absolute Gasteiger partial charge is 0.388 e. The van der Waals surface area contributed by atoms with Crippen LogP contribution in [0.1, 0.15) is 43.0 Å². The molecule has 0 aliphatic heterocycles. The van der Waals surface area contributed by atoms with E-state index < -0.39 is 0 Å². The Balaban J connectivity index is 1.71. The Morgan fingerprint density at radius 1 is 1.00 bits per heavy atom. The highest BCUT2D eigenvalue weighted by molar-refractivity contribution is 9.10. The molecular weight excluding hydrogens is 326 g/mol. The fourth-order valence-corrected chi connectivity index (χ4v) is 2.59. The van der Waals surface area contributed by atoms with E-state index in [9.17, 15) is 5.11 Å². The first kappa shape index (κ1) is 16.2. The Hall–Kier alpha value is -1.16. The number of rotatable bonds is 7. The highest BCUT2D eigenvalue weighted by atomic mass is 79.9. The maximum Gasteiger partial charge on any atom is 0.0790 e. The minimum absolute atomic E-state index is 0.326. The van der Waals surface area contributed by atoms with E-state index in [1.54, 1.807) is 0 Å². The molecule has 2 atom stereocenters. The Morgan fingerprint density at radius 3 is 2.33 bits per heavy atom. The van der Waals surface area contributed by atoms with Crippen LogP contribution in [0.4, 0.5) is 0 Å². The molecule has 2 rings (SSSR count). The van der Waals surface area contributed by atoms with E-state index in [1.807, 2.05) is 30.3 Å². The molecule has 0 radical (unpaired) electrons. The van der Waals surface area contributed by atoms with Gasteiger partial charge < -0.3 is 10.4 Å². The van der Waals surface area contributed by atoms with Crippen LogP contribution in [0, 0.1) is 0 Å². The molecule has 3 heteroatoms. The second-order valence-electron chi connectivity index (χ2n) is 5.30. The minimum atomic E-state index is -0.365. The second kappa shape index (κ2) is 8.32. The normalized spacial score (nSPS) is 13.9. The van der Waals surface area contributed by atoms with Gasteiger partial charge in [-0.3, -0.25) is 0 Å². The highest BCUT2D eigenvalue weighted by Gasteiger charge is 2.07. The number of benzene rings is 2. The first-order valence-electron chi connectivity index (χ1n) is 7.38. The third kappa shape index (κ3) is 5.27. The Morgan fingerprint density at radius 2 is 1.67 bits per heavy atom. The van der Waals surface area contributed by atoms with Gasteiger partial charge in [0, 0.05) is 10.5 Å². The van der Waals surface area contributed by atoms with Gasteiger partial charge in [-0.15, -0.1) is 0 Å². The van der Waals surface area contributed by atoms with Crippen molar-refractivity contribution in [3.8, 4) is 0 Å². The van der Waals surface area contributed by atoms with E-state index in [2.05, 4.69) is 52.4 Å². The molecule has 0 amide bonds. The number of hydrogen-bond donors (Lipinski definition) is 2. The fourth-order valence-electron chi connectivity index (χ4n) is 2.33. The third-order valence-electron chi connectivity index (χ3n) is 3.66. The zero-order valence-electron chi connectivity index (χ0n) is 12.3. The first-order chi connectivity index (χ1) is 10.2. The van der Waals surface area contributed by atoms with Crippen molar-refractivity contribution in [3.05, 3.63) is 70.2 Å². The molecule has 21 heavy (non-hydrogen) atoms. The van der Waals surface area contributed by atoms with Crippen molar-refractivity contribution < 1.29 is 5.11 Å². The predicted octanol–water partition coefficient (Wildman–Crippen LogP) is 4.61. The van der Waals surface area contributed by atoms with Crippen LogP contribution >= 0.6 is 15.9 Å². The highest BCUT2D eigenvalue weighted by Crippen LogP contribution is 2.19. The summed E-state index contributed by atoms with van der Waals surface area (Å²) in [5.74, 6) is 0. The third-order valence-corrected chi connectivity index (χ3v) is 4.19. The van der Waals surface area contributed by atoms with Gasteiger partial charge in [0.05, 0.1) is 6.10 Å². The molecule has 0 saturated carbocycles. The van der Waals surface area contributed by atoms with Crippen molar-refractivity contribution >= 4 is 15.9 Å². The summed E-state index contributed by atoms with van der Waals surface area (Å²) in [4.78, 5) is 0. The average molecular weight is 348 g/mol. The number of nitrogens with one attached hydrogen (secondary N) is 1. The zero-order chi connectivity index (χ0) is 15.1. The first-order valence-corrected chi connectivity index (χ1v) is 8.18. The zero-order valence-corrected chi connectivity index (χ0v) is 13.9. The standard InChI is InChI=1S/C18H22BrNO/c1-14(15-9-11-17(19)12-10-15)20-13-5-8-18(21)16-6-3-2-4-7-16/h2-4,6-7,9-12,14,18,20-21H,5,8,13H2,1H3/t14-,18?/m0/s1. The summed E-state index contributed by atoms with van der Waals surface area (Å²) in [6.45, 7) is 3.07. The lowest BCUT2D eigenvalue weighted by Crippen LogP contribution is -2.20. The summed E-state index contributed by atoms with van der Waals surface area (Å²) < 4.78 is 1.10. The molecule has 2 aromatic rings. The summed E-state index contributed by atoms with van der Waals surface area (Å²) in [6.07, 6.45) is 1.37. The quantitative estimate of drug-likeness (QED) is 0.716. The van der Waals surface area contributed by atoms with Crippen LogP contribution in [0.2, 0.25) is 0 Å². The topological polar surface area (TPSA) is 32.3 Å². The van der Waals surface area contributed by atoms with Crippen molar-refractivity contribution in [2.45, 2.75) is 31.9 Å². The summed E-state index contributed by atoms with van der Waals surface area (Å²) >= 11 is 3.45. The number of hydrogen-bond acceptors (Lipinski definition) is 2. The maximum atomic E-state index is 10.1. The second-order valence-corrected chi connectivity index (χ2v) is 6.21. The molecule has 0 aliphatic carbocycles. The van der Waals surface area contributed by atoms with E-state index in [0.717, 1.165) is 29.4 Å². The summed E-state index contributed by atoms with van der Waals surface area (Å²) in [5, 5.41) is 13.6. The van der Waals surface area contributed by atoms with Gasteiger partial charge in [0.15, 0.2) is 0 Å². The molecule has 0 bridgehead atoms. The maximum absolute atomic E-state index is 10.1. The molecule has 0 saturated heterocycles. The Kier molecular flexibility index (Phi) is 6.43. The SMILES string of the molecule is C[C@H](NCCCC(O)c1ccccc1)c1ccc(Br)cc1. The van der Waals surface area contributed by atoms with Gasteiger partial charge in [-0.1, -0.05) is 58.4 Å². The summed E-state index contributed by atoms with van der Waals surface area (Å²) in [5.41, 5.74) is 2.28. The lowest BCUT2D eigenvalue weighted by molar-refractivity contribution is 0.164. The Bertz CT molecular complexity index is 527. The smallest absolute Gasteiger partial charge is 0.0790 e. The van der Waals surface area contributed by atoms with Crippen LogP contribution in [-0.2, 0) is 0 Å². The van der Waals surface area contributed by atoms with Crippen molar-refractivity contribution in [3.63, 3.8) is 0 Å². The van der Waals surface area contributed by atoms with Crippen LogP contribution in [-0.4, -0.2) is 11.7 Å². The van der Waals surface area contributed by atoms with Gasteiger partial charge >= 0.3 is 0 Å². The predicted molar refractivity (Wildman–Crippen MR) is 91.2 cm³/mol. The van der Waals surface area contributed by atoms with Crippen LogP contribution in [0.15, 0.2) is 59.1 Å².